The molecule has 4 rings (SSSR count). The number of hydrogen-bond acceptors (Lipinski definition) is 5. The molecule has 0 atom stereocenters. The summed E-state index contributed by atoms with van der Waals surface area (Å²) in [4.78, 5) is 11.3. The molecule has 0 aliphatic rings. The number of fused-ring (bicyclic) bond motifs is 2. The maximum Gasteiger partial charge on any atom is 0.247 e. The minimum atomic E-state index is 0.591. The van der Waals surface area contributed by atoms with E-state index < -0.39 is 0 Å². The SMILES string of the molecule is CCN(CC)c1ccc2nc(Nc3ccc4ncccc4c3)nn2c1C. The molecule has 0 amide bonds. The molecule has 4 aromatic rings. The van der Waals surface area contributed by atoms with Crippen molar-refractivity contribution in [2.24, 2.45) is 0 Å². The first-order valence-electron chi connectivity index (χ1n) is 8.92. The molecule has 1 N–H and O–H groups in total. The van der Waals surface area contributed by atoms with Crippen LogP contribution in [0.2, 0.25) is 0 Å². The van der Waals surface area contributed by atoms with Crippen LogP contribution in [0.25, 0.3) is 16.6 Å². The van der Waals surface area contributed by atoms with Gasteiger partial charge in [0.1, 0.15) is 0 Å². The summed E-state index contributed by atoms with van der Waals surface area (Å²) in [5.41, 5.74) is 5.04. The Morgan fingerprint density at radius 2 is 1.92 bits per heavy atom. The van der Waals surface area contributed by atoms with E-state index in [-0.39, 0.29) is 0 Å². The molecule has 6 heteroatoms. The number of benzene rings is 1. The lowest BCUT2D eigenvalue weighted by atomic mass is 10.2. The summed E-state index contributed by atoms with van der Waals surface area (Å²) in [6.07, 6.45) is 1.80. The minimum absolute atomic E-state index is 0.591. The molecule has 3 heterocycles. The van der Waals surface area contributed by atoms with E-state index in [1.807, 2.05) is 34.8 Å². The Balaban J connectivity index is 1.69. The zero-order chi connectivity index (χ0) is 18.1. The van der Waals surface area contributed by atoms with Crippen molar-refractivity contribution >= 4 is 33.9 Å². The van der Waals surface area contributed by atoms with Crippen molar-refractivity contribution in [2.45, 2.75) is 20.8 Å². The molecule has 0 aliphatic carbocycles. The third kappa shape index (κ3) is 2.83. The smallest absolute Gasteiger partial charge is 0.247 e. The maximum atomic E-state index is 4.65. The largest absolute Gasteiger partial charge is 0.371 e. The normalized spacial score (nSPS) is 11.2. The van der Waals surface area contributed by atoms with Gasteiger partial charge < -0.3 is 10.2 Å². The summed E-state index contributed by atoms with van der Waals surface area (Å²) < 4.78 is 1.90. The quantitative estimate of drug-likeness (QED) is 0.587. The first kappa shape index (κ1) is 16.3. The molecule has 0 saturated heterocycles. The van der Waals surface area contributed by atoms with Gasteiger partial charge in [-0.05, 0) is 57.2 Å². The second-order valence-electron chi connectivity index (χ2n) is 6.22. The van der Waals surface area contributed by atoms with E-state index in [9.17, 15) is 0 Å². The second kappa shape index (κ2) is 6.63. The summed E-state index contributed by atoms with van der Waals surface area (Å²) in [5.74, 6) is 0.591. The molecule has 0 fully saturated rings. The Labute approximate surface area is 152 Å². The van der Waals surface area contributed by atoms with Crippen LogP contribution in [0.5, 0.6) is 0 Å². The summed E-state index contributed by atoms with van der Waals surface area (Å²) >= 11 is 0. The average Bonchev–Trinajstić information content (AvgIpc) is 3.08. The van der Waals surface area contributed by atoms with E-state index >= 15 is 0 Å². The molecule has 1 aromatic carbocycles. The van der Waals surface area contributed by atoms with Crippen molar-refractivity contribution in [3.63, 3.8) is 0 Å². The van der Waals surface area contributed by atoms with Gasteiger partial charge in [-0.1, -0.05) is 6.07 Å². The molecule has 0 aliphatic heterocycles. The van der Waals surface area contributed by atoms with Gasteiger partial charge in [0.25, 0.3) is 0 Å². The van der Waals surface area contributed by atoms with Gasteiger partial charge in [0, 0.05) is 30.4 Å². The fraction of sp³-hybridized carbons (Fsp3) is 0.250. The fourth-order valence-electron chi connectivity index (χ4n) is 3.30. The summed E-state index contributed by atoms with van der Waals surface area (Å²) in [5, 5.41) is 9.04. The lowest BCUT2D eigenvalue weighted by Gasteiger charge is -2.22. The first-order chi connectivity index (χ1) is 12.7. The number of pyridine rings is 2. The Hall–Kier alpha value is -3.15. The highest BCUT2D eigenvalue weighted by molar-refractivity contribution is 5.82. The molecule has 0 bridgehead atoms. The van der Waals surface area contributed by atoms with Crippen LogP contribution in [0.15, 0.2) is 48.7 Å². The molecule has 0 unspecified atom stereocenters. The molecule has 132 valence electrons. The topological polar surface area (TPSA) is 58.4 Å². The lowest BCUT2D eigenvalue weighted by molar-refractivity contribution is 0.834. The van der Waals surface area contributed by atoms with Gasteiger partial charge in [-0.25, -0.2) is 4.52 Å². The van der Waals surface area contributed by atoms with Gasteiger partial charge in [0.15, 0.2) is 5.65 Å². The van der Waals surface area contributed by atoms with E-state index in [1.54, 1.807) is 6.20 Å². The van der Waals surface area contributed by atoms with Crippen LogP contribution in [0, 0.1) is 6.92 Å². The first-order valence-corrected chi connectivity index (χ1v) is 8.92. The van der Waals surface area contributed by atoms with Crippen molar-refractivity contribution < 1.29 is 0 Å². The summed E-state index contributed by atoms with van der Waals surface area (Å²) in [6.45, 7) is 8.34. The van der Waals surface area contributed by atoms with Crippen LogP contribution in [0.3, 0.4) is 0 Å². The number of hydrogen-bond donors (Lipinski definition) is 1. The Morgan fingerprint density at radius 1 is 1.08 bits per heavy atom. The van der Waals surface area contributed by atoms with Crippen molar-refractivity contribution in [1.82, 2.24) is 19.6 Å². The monoisotopic (exact) mass is 346 g/mol. The van der Waals surface area contributed by atoms with Crippen molar-refractivity contribution in [3.05, 3.63) is 54.4 Å². The number of aromatic nitrogens is 4. The van der Waals surface area contributed by atoms with Crippen LogP contribution in [-0.4, -0.2) is 32.7 Å². The zero-order valence-electron chi connectivity index (χ0n) is 15.3. The van der Waals surface area contributed by atoms with Gasteiger partial charge >= 0.3 is 0 Å². The van der Waals surface area contributed by atoms with Crippen molar-refractivity contribution in [3.8, 4) is 0 Å². The van der Waals surface area contributed by atoms with Gasteiger partial charge in [-0.3, -0.25) is 4.98 Å². The third-order valence-corrected chi connectivity index (χ3v) is 4.67. The predicted octanol–water partition coefficient (Wildman–Crippen LogP) is 4.18. The molecule has 6 nitrogen and oxygen atoms in total. The molecule has 26 heavy (non-hydrogen) atoms. The number of aryl methyl sites for hydroxylation is 1. The molecular weight excluding hydrogens is 324 g/mol. The number of nitrogens with zero attached hydrogens (tertiary/aromatic N) is 5. The van der Waals surface area contributed by atoms with Crippen molar-refractivity contribution in [2.75, 3.05) is 23.3 Å². The summed E-state index contributed by atoms with van der Waals surface area (Å²) in [6, 6.07) is 14.2. The van der Waals surface area contributed by atoms with E-state index in [4.69, 9.17) is 0 Å². The van der Waals surface area contributed by atoms with Gasteiger partial charge in [-0.2, -0.15) is 4.98 Å². The fourth-order valence-corrected chi connectivity index (χ4v) is 3.30. The predicted molar refractivity (Wildman–Crippen MR) is 106 cm³/mol. The molecule has 3 aromatic heterocycles. The van der Waals surface area contributed by atoms with Crippen LogP contribution in [-0.2, 0) is 0 Å². The van der Waals surface area contributed by atoms with Crippen LogP contribution < -0.4 is 10.2 Å². The number of rotatable bonds is 5. The Kier molecular flexibility index (Phi) is 4.16. The van der Waals surface area contributed by atoms with E-state index in [2.05, 4.69) is 58.2 Å². The van der Waals surface area contributed by atoms with E-state index in [1.165, 1.54) is 5.69 Å². The van der Waals surface area contributed by atoms with Gasteiger partial charge in [0.05, 0.1) is 16.9 Å². The minimum Gasteiger partial charge on any atom is -0.371 e. The molecular formula is C20H22N6. The maximum absolute atomic E-state index is 4.65. The van der Waals surface area contributed by atoms with E-state index in [0.717, 1.165) is 41.0 Å². The van der Waals surface area contributed by atoms with Crippen LogP contribution in [0.1, 0.15) is 19.5 Å². The zero-order valence-corrected chi connectivity index (χ0v) is 15.3. The van der Waals surface area contributed by atoms with Crippen LogP contribution in [0.4, 0.5) is 17.3 Å². The molecule has 0 radical (unpaired) electrons. The third-order valence-electron chi connectivity index (χ3n) is 4.67. The Morgan fingerprint density at radius 3 is 2.73 bits per heavy atom. The lowest BCUT2D eigenvalue weighted by Crippen LogP contribution is -2.23. The highest BCUT2D eigenvalue weighted by Crippen LogP contribution is 2.23. The molecule has 0 spiro atoms. The Bertz CT molecular complexity index is 1060. The van der Waals surface area contributed by atoms with Gasteiger partial charge in [0.2, 0.25) is 5.95 Å². The highest BCUT2D eigenvalue weighted by Gasteiger charge is 2.12. The van der Waals surface area contributed by atoms with Crippen LogP contribution >= 0.6 is 0 Å². The number of nitrogens with one attached hydrogen (secondary N) is 1. The average molecular weight is 346 g/mol. The second-order valence-corrected chi connectivity index (χ2v) is 6.22. The standard InChI is InChI=1S/C20H22N6/c1-4-25(5-2)18-10-11-19-23-20(24-26(19)14(18)3)22-16-8-9-17-15(13-16)7-6-12-21-17/h6-13H,4-5H2,1-3H3,(H,22,24). The number of anilines is 3. The molecule has 0 saturated carbocycles. The summed E-state index contributed by atoms with van der Waals surface area (Å²) in [7, 11) is 0. The highest BCUT2D eigenvalue weighted by atomic mass is 15.4. The van der Waals surface area contributed by atoms with E-state index in [0.29, 0.717) is 5.95 Å². The van der Waals surface area contributed by atoms with Gasteiger partial charge in [-0.15, -0.1) is 5.10 Å². The van der Waals surface area contributed by atoms with Crippen molar-refractivity contribution in [1.29, 1.82) is 0 Å².